The van der Waals surface area contributed by atoms with Crippen molar-refractivity contribution in [2.45, 2.75) is 18.6 Å². The minimum absolute atomic E-state index is 0.126. The molecule has 1 fully saturated rings. The molecule has 1 aliphatic rings. The van der Waals surface area contributed by atoms with E-state index < -0.39 is 12.2 Å². The lowest BCUT2D eigenvalue weighted by Crippen LogP contribution is -2.41. The van der Waals surface area contributed by atoms with Crippen molar-refractivity contribution in [2.24, 2.45) is 0 Å². The van der Waals surface area contributed by atoms with Crippen molar-refractivity contribution in [3.63, 3.8) is 0 Å². The molecule has 2 N–H and O–H groups in total. The summed E-state index contributed by atoms with van der Waals surface area (Å²) in [6.45, 7) is -0.153. The van der Waals surface area contributed by atoms with Gasteiger partial charge in [-0.05, 0) is 17.7 Å². The van der Waals surface area contributed by atoms with E-state index in [0.717, 1.165) is 11.3 Å². The lowest BCUT2D eigenvalue weighted by atomic mass is 10.00. The Kier molecular flexibility index (Phi) is 3.49. The van der Waals surface area contributed by atoms with Crippen LogP contribution in [0.4, 0.5) is 4.79 Å². The molecule has 0 bridgehead atoms. The van der Waals surface area contributed by atoms with Crippen LogP contribution in [-0.4, -0.2) is 31.0 Å². The number of nitrogens with one attached hydrogen (secondary N) is 1. The molecule has 1 heterocycles. The summed E-state index contributed by atoms with van der Waals surface area (Å²) in [7, 11) is 1.60. The first-order valence-electron chi connectivity index (χ1n) is 5.45. The molecule has 1 aromatic carbocycles. The second kappa shape index (κ2) is 5.05. The van der Waals surface area contributed by atoms with Crippen molar-refractivity contribution in [3.8, 4) is 5.75 Å². The molecule has 1 saturated heterocycles. The van der Waals surface area contributed by atoms with Gasteiger partial charge in [-0.1, -0.05) is 12.1 Å². The average molecular weight is 237 g/mol. The Balaban J connectivity index is 2.12. The number of ether oxygens (including phenoxy) is 2. The number of rotatable bonds is 3. The van der Waals surface area contributed by atoms with Crippen LogP contribution in [0.2, 0.25) is 0 Å². The van der Waals surface area contributed by atoms with E-state index in [1.54, 1.807) is 7.11 Å². The van der Waals surface area contributed by atoms with Crippen molar-refractivity contribution in [3.05, 3.63) is 29.8 Å². The Labute approximate surface area is 99.3 Å². The summed E-state index contributed by atoms with van der Waals surface area (Å²) in [6.07, 6.45) is -0.360. The molecule has 1 amide bonds. The molecule has 1 aromatic rings. The summed E-state index contributed by atoms with van der Waals surface area (Å²) in [5, 5.41) is 11.8. The van der Waals surface area contributed by atoms with E-state index in [1.165, 1.54) is 0 Å². The fourth-order valence-corrected chi connectivity index (χ4v) is 1.87. The highest BCUT2D eigenvalue weighted by Crippen LogP contribution is 2.25. The van der Waals surface area contributed by atoms with Gasteiger partial charge in [0.25, 0.3) is 0 Å². The molecule has 92 valence electrons. The Hall–Kier alpha value is -1.75. The highest BCUT2D eigenvalue weighted by molar-refractivity contribution is 5.69. The number of cyclic esters (lactones) is 1. The number of benzene rings is 1. The molecule has 2 atom stereocenters. The van der Waals surface area contributed by atoms with Crippen LogP contribution >= 0.6 is 0 Å². The molecule has 2 unspecified atom stereocenters. The highest BCUT2D eigenvalue weighted by Gasteiger charge is 2.28. The van der Waals surface area contributed by atoms with E-state index in [2.05, 4.69) is 5.32 Å². The fraction of sp³-hybridized carbons (Fsp3) is 0.417. The van der Waals surface area contributed by atoms with Crippen molar-refractivity contribution in [1.29, 1.82) is 0 Å². The van der Waals surface area contributed by atoms with Gasteiger partial charge in [-0.2, -0.15) is 0 Å². The largest absolute Gasteiger partial charge is 0.497 e. The lowest BCUT2D eigenvalue weighted by Gasteiger charge is -2.29. The van der Waals surface area contributed by atoms with E-state index in [1.807, 2.05) is 24.3 Å². The predicted octanol–water partition coefficient (Wildman–Crippen LogP) is 1.23. The number of amides is 1. The second-order valence-corrected chi connectivity index (χ2v) is 3.92. The first-order chi connectivity index (χ1) is 8.22. The number of carbonyl (C=O) groups is 1. The maximum atomic E-state index is 11.3. The van der Waals surface area contributed by atoms with Gasteiger partial charge in [0, 0.05) is 6.42 Å². The van der Waals surface area contributed by atoms with Gasteiger partial charge in [0.15, 0.2) is 0 Å². The summed E-state index contributed by atoms with van der Waals surface area (Å²) in [5.74, 6) is 0.769. The topological polar surface area (TPSA) is 67.8 Å². The van der Waals surface area contributed by atoms with Crippen LogP contribution in [0.15, 0.2) is 24.3 Å². The summed E-state index contributed by atoms with van der Waals surface area (Å²) in [5.41, 5.74) is 0.973. The lowest BCUT2D eigenvalue weighted by molar-refractivity contribution is 0.0242. The minimum Gasteiger partial charge on any atom is -0.497 e. The fourth-order valence-electron chi connectivity index (χ4n) is 1.87. The zero-order chi connectivity index (χ0) is 12.3. The molecule has 0 aliphatic carbocycles. The number of hydrogen-bond donors (Lipinski definition) is 2. The molecule has 0 aromatic heterocycles. The standard InChI is InChI=1S/C12H15NO4/c1-16-9-4-2-8(3-5-9)11-6-10(7-14)17-12(15)13-11/h2-5,10-11,14H,6-7H2,1H3,(H,13,15). The maximum absolute atomic E-state index is 11.3. The van der Waals surface area contributed by atoms with Crippen molar-refractivity contribution in [2.75, 3.05) is 13.7 Å². The molecule has 17 heavy (non-hydrogen) atoms. The van der Waals surface area contributed by atoms with Crippen LogP contribution in [0.1, 0.15) is 18.0 Å². The van der Waals surface area contributed by atoms with E-state index in [9.17, 15) is 4.79 Å². The van der Waals surface area contributed by atoms with Gasteiger partial charge in [0.2, 0.25) is 0 Å². The second-order valence-electron chi connectivity index (χ2n) is 3.92. The monoisotopic (exact) mass is 237 g/mol. The Morgan fingerprint density at radius 1 is 1.47 bits per heavy atom. The number of methoxy groups -OCH3 is 1. The summed E-state index contributed by atoms with van der Waals surface area (Å²) in [4.78, 5) is 11.3. The van der Waals surface area contributed by atoms with Gasteiger partial charge in [-0.3, -0.25) is 0 Å². The molecule has 0 radical (unpaired) electrons. The normalized spacial score (nSPS) is 23.8. The number of hydrogen-bond acceptors (Lipinski definition) is 4. The molecule has 1 aliphatic heterocycles. The molecule has 0 spiro atoms. The molecule has 2 rings (SSSR count). The Bertz CT molecular complexity index is 390. The quantitative estimate of drug-likeness (QED) is 0.829. The van der Waals surface area contributed by atoms with Gasteiger partial charge in [-0.25, -0.2) is 4.79 Å². The van der Waals surface area contributed by atoms with Crippen molar-refractivity contribution >= 4 is 6.09 Å². The van der Waals surface area contributed by atoms with Gasteiger partial charge < -0.3 is 19.9 Å². The number of aliphatic hydroxyl groups excluding tert-OH is 1. The van der Waals surface area contributed by atoms with Crippen LogP contribution in [0.5, 0.6) is 5.75 Å². The van der Waals surface area contributed by atoms with Crippen LogP contribution in [-0.2, 0) is 4.74 Å². The van der Waals surface area contributed by atoms with Crippen LogP contribution in [0.25, 0.3) is 0 Å². The van der Waals surface area contributed by atoms with Crippen LogP contribution in [0, 0.1) is 0 Å². The van der Waals surface area contributed by atoms with Gasteiger partial charge >= 0.3 is 6.09 Å². The maximum Gasteiger partial charge on any atom is 0.407 e. The number of aliphatic hydroxyl groups is 1. The van der Waals surface area contributed by atoms with Gasteiger partial charge in [0.1, 0.15) is 11.9 Å². The molecule has 0 saturated carbocycles. The summed E-state index contributed by atoms with van der Waals surface area (Å²) in [6, 6.07) is 7.34. The van der Waals surface area contributed by atoms with Crippen molar-refractivity contribution < 1.29 is 19.4 Å². The smallest absolute Gasteiger partial charge is 0.407 e. The van der Waals surface area contributed by atoms with Gasteiger partial charge in [0.05, 0.1) is 19.8 Å². The third kappa shape index (κ3) is 2.68. The average Bonchev–Trinajstić information content (AvgIpc) is 2.38. The van der Waals surface area contributed by atoms with E-state index >= 15 is 0 Å². The highest BCUT2D eigenvalue weighted by atomic mass is 16.6. The van der Waals surface area contributed by atoms with Crippen LogP contribution < -0.4 is 10.1 Å². The minimum atomic E-state index is -0.490. The Morgan fingerprint density at radius 3 is 2.76 bits per heavy atom. The van der Waals surface area contributed by atoms with Crippen molar-refractivity contribution in [1.82, 2.24) is 5.32 Å². The first kappa shape index (κ1) is 11.7. The summed E-state index contributed by atoms with van der Waals surface area (Å²) >= 11 is 0. The Morgan fingerprint density at radius 2 is 2.18 bits per heavy atom. The van der Waals surface area contributed by atoms with Gasteiger partial charge in [-0.15, -0.1) is 0 Å². The van der Waals surface area contributed by atoms with E-state index in [4.69, 9.17) is 14.6 Å². The molecule has 5 heteroatoms. The summed E-state index contributed by atoms with van der Waals surface area (Å²) < 4.78 is 9.98. The SMILES string of the molecule is COc1ccc(C2CC(CO)OC(=O)N2)cc1. The molecule has 5 nitrogen and oxygen atoms in total. The van der Waals surface area contributed by atoms with E-state index in [-0.39, 0.29) is 12.6 Å². The van der Waals surface area contributed by atoms with Crippen LogP contribution in [0.3, 0.4) is 0 Å². The molecular formula is C12H15NO4. The third-order valence-corrected chi connectivity index (χ3v) is 2.79. The molecular weight excluding hydrogens is 222 g/mol. The zero-order valence-corrected chi connectivity index (χ0v) is 9.55. The number of alkyl carbamates (subject to hydrolysis) is 1. The van der Waals surface area contributed by atoms with E-state index in [0.29, 0.717) is 6.42 Å². The number of carbonyl (C=O) groups excluding carboxylic acids is 1. The first-order valence-corrected chi connectivity index (χ1v) is 5.45. The third-order valence-electron chi connectivity index (χ3n) is 2.79. The zero-order valence-electron chi connectivity index (χ0n) is 9.55. The predicted molar refractivity (Wildman–Crippen MR) is 60.8 cm³/mol.